The summed E-state index contributed by atoms with van der Waals surface area (Å²) in [4.78, 5) is 8.45. The zero-order chi connectivity index (χ0) is 32.8. The maximum atomic E-state index is 7.75. The fourth-order valence-electron chi connectivity index (χ4n) is 6.98. The Hall–Kier alpha value is -5.89. The fraction of sp³-hybridized carbons (Fsp3) is 0.0682. The monoisotopic (exact) mass is 633 g/mol. The van der Waals surface area contributed by atoms with Crippen LogP contribution in [-0.2, 0) is 0 Å². The molecule has 0 radical (unpaired) electrons. The Balaban J connectivity index is 1.39. The van der Waals surface area contributed by atoms with Gasteiger partial charge in [-0.3, -0.25) is 0 Å². The Labute approximate surface area is 283 Å². The third-order valence-corrected chi connectivity index (χ3v) is 11.4. The Kier molecular flexibility index (Phi) is 7.21. The van der Waals surface area contributed by atoms with Crippen LogP contribution in [0.25, 0.3) is 37.2 Å². The highest BCUT2D eigenvalue weighted by Crippen LogP contribution is 2.47. The van der Waals surface area contributed by atoms with E-state index in [9.17, 15) is 0 Å². The maximum Gasteiger partial charge on any atom is 0.189 e. The molecule has 8 aromatic carbocycles. The van der Waals surface area contributed by atoms with Crippen LogP contribution in [0.1, 0.15) is 0 Å². The second-order valence-corrected chi connectivity index (χ2v) is 18.4. The summed E-state index contributed by atoms with van der Waals surface area (Å²) in [5.41, 5.74) is 7.14. The second kappa shape index (κ2) is 11.7. The van der Waals surface area contributed by atoms with Crippen LogP contribution in [0.4, 0.5) is 39.8 Å². The van der Waals surface area contributed by atoms with E-state index in [2.05, 4.69) is 174 Å². The van der Waals surface area contributed by atoms with E-state index in [1.165, 1.54) is 37.5 Å². The highest BCUT2D eigenvalue weighted by atomic mass is 28.3. The van der Waals surface area contributed by atoms with Crippen molar-refractivity contribution in [2.24, 2.45) is 0 Å². The Bertz CT molecular complexity index is 2400. The molecular weight excluding hydrogens is 599 g/mol. The quantitative estimate of drug-likeness (QED) is 0.0982. The molecule has 230 valence electrons. The first-order valence-electron chi connectivity index (χ1n) is 16.4. The van der Waals surface area contributed by atoms with E-state index in [0.29, 0.717) is 5.69 Å². The topological polar surface area (TPSA) is 10.8 Å². The van der Waals surface area contributed by atoms with E-state index in [-0.39, 0.29) is 0 Å². The Morgan fingerprint density at radius 1 is 0.458 bits per heavy atom. The molecular formula is C44H35N3Si. The molecule has 0 N–H and O–H groups in total. The Morgan fingerprint density at radius 2 is 0.917 bits per heavy atom. The molecule has 8 aromatic rings. The van der Waals surface area contributed by atoms with Gasteiger partial charge in [-0.15, -0.1) is 0 Å². The van der Waals surface area contributed by atoms with Crippen molar-refractivity contribution in [3.05, 3.63) is 169 Å². The number of hydrogen-bond acceptors (Lipinski definition) is 2. The summed E-state index contributed by atoms with van der Waals surface area (Å²) in [6.45, 7) is 14.9. The fourth-order valence-corrected chi connectivity index (χ4v) is 8.15. The van der Waals surface area contributed by atoms with Gasteiger partial charge in [-0.05, 0) is 82.2 Å². The standard InChI is InChI=1S/C44H35N3Si/c1-45-33-12-11-17-37(30-33)47(36-22-24-38(25-23-36)48(2,3)4)42-29-21-32-18-26-39-41(28-20-31-19-27-40(42)44(32)43(31)39)46(34-13-7-5-8-14-34)35-15-9-6-10-16-35/h5-30H,2-4H3. The molecule has 0 aromatic heterocycles. The van der Waals surface area contributed by atoms with Crippen molar-refractivity contribution < 1.29 is 0 Å². The first-order chi connectivity index (χ1) is 23.4. The van der Waals surface area contributed by atoms with Crippen molar-refractivity contribution in [1.82, 2.24) is 0 Å². The predicted octanol–water partition coefficient (Wildman–Crippen LogP) is 12.6. The van der Waals surface area contributed by atoms with E-state index in [4.69, 9.17) is 6.57 Å². The average molecular weight is 634 g/mol. The lowest BCUT2D eigenvalue weighted by atomic mass is 9.91. The minimum Gasteiger partial charge on any atom is -0.311 e. The number of para-hydroxylation sites is 2. The van der Waals surface area contributed by atoms with Gasteiger partial charge in [0.2, 0.25) is 0 Å². The van der Waals surface area contributed by atoms with Crippen LogP contribution in [0.15, 0.2) is 158 Å². The van der Waals surface area contributed by atoms with E-state index in [1.807, 2.05) is 18.2 Å². The van der Waals surface area contributed by atoms with Crippen molar-refractivity contribution in [2.45, 2.75) is 19.6 Å². The normalized spacial score (nSPS) is 11.6. The molecule has 0 saturated heterocycles. The highest BCUT2D eigenvalue weighted by Gasteiger charge is 2.22. The van der Waals surface area contributed by atoms with Crippen molar-refractivity contribution >= 4 is 85.4 Å². The zero-order valence-corrected chi connectivity index (χ0v) is 28.4. The highest BCUT2D eigenvalue weighted by molar-refractivity contribution is 6.88. The first kappa shape index (κ1) is 29.5. The SMILES string of the molecule is [C-]#[N+]c1cccc(N(c2ccc([Si](C)(C)C)cc2)c2ccc3ccc4c(N(c5ccccc5)c5ccccc5)ccc5ccc2c3c54)c1. The first-order valence-corrected chi connectivity index (χ1v) is 19.9. The second-order valence-electron chi connectivity index (χ2n) is 13.4. The summed E-state index contributed by atoms with van der Waals surface area (Å²) in [6, 6.07) is 56.3. The maximum absolute atomic E-state index is 7.75. The number of hydrogen-bond donors (Lipinski definition) is 0. The summed E-state index contributed by atoms with van der Waals surface area (Å²) in [5, 5.41) is 8.73. The van der Waals surface area contributed by atoms with E-state index in [0.717, 1.165) is 34.1 Å². The molecule has 0 spiro atoms. The van der Waals surface area contributed by atoms with Crippen LogP contribution in [0.5, 0.6) is 0 Å². The van der Waals surface area contributed by atoms with Gasteiger partial charge in [0.1, 0.15) is 0 Å². The predicted molar refractivity (Wildman–Crippen MR) is 209 cm³/mol. The number of rotatable bonds is 7. The van der Waals surface area contributed by atoms with E-state index < -0.39 is 8.07 Å². The number of anilines is 6. The van der Waals surface area contributed by atoms with Crippen LogP contribution < -0.4 is 15.0 Å². The summed E-state index contributed by atoms with van der Waals surface area (Å²) < 4.78 is 0. The summed E-state index contributed by atoms with van der Waals surface area (Å²) in [7, 11) is -1.48. The smallest absolute Gasteiger partial charge is 0.189 e. The molecule has 0 heterocycles. The molecule has 3 nitrogen and oxygen atoms in total. The molecule has 0 aliphatic heterocycles. The van der Waals surface area contributed by atoms with Crippen LogP contribution in [-0.4, -0.2) is 8.07 Å². The molecule has 0 aliphatic rings. The molecule has 8 rings (SSSR count). The van der Waals surface area contributed by atoms with Gasteiger partial charge in [0, 0.05) is 33.5 Å². The van der Waals surface area contributed by atoms with Gasteiger partial charge < -0.3 is 9.80 Å². The minimum atomic E-state index is -1.48. The van der Waals surface area contributed by atoms with Crippen molar-refractivity contribution in [3.8, 4) is 0 Å². The minimum absolute atomic E-state index is 0.625. The van der Waals surface area contributed by atoms with Crippen LogP contribution in [0.3, 0.4) is 0 Å². The lowest BCUT2D eigenvalue weighted by Gasteiger charge is -2.30. The van der Waals surface area contributed by atoms with Gasteiger partial charge in [0.25, 0.3) is 0 Å². The molecule has 48 heavy (non-hydrogen) atoms. The molecule has 0 fully saturated rings. The zero-order valence-electron chi connectivity index (χ0n) is 27.4. The van der Waals surface area contributed by atoms with E-state index in [1.54, 1.807) is 0 Å². The third-order valence-electron chi connectivity index (χ3n) is 9.34. The molecule has 4 heteroatoms. The van der Waals surface area contributed by atoms with Gasteiger partial charge in [-0.2, -0.15) is 0 Å². The van der Waals surface area contributed by atoms with Gasteiger partial charge in [-0.1, -0.05) is 122 Å². The lowest BCUT2D eigenvalue weighted by Crippen LogP contribution is -2.37. The van der Waals surface area contributed by atoms with Gasteiger partial charge in [-0.25, -0.2) is 4.85 Å². The van der Waals surface area contributed by atoms with Crippen molar-refractivity contribution in [3.63, 3.8) is 0 Å². The van der Waals surface area contributed by atoms with Crippen LogP contribution in [0, 0.1) is 6.57 Å². The van der Waals surface area contributed by atoms with Gasteiger partial charge >= 0.3 is 0 Å². The summed E-state index contributed by atoms with van der Waals surface area (Å²) in [5.74, 6) is 0. The summed E-state index contributed by atoms with van der Waals surface area (Å²) in [6.07, 6.45) is 0. The number of nitrogens with zero attached hydrogens (tertiary/aromatic N) is 3. The molecule has 0 amide bonds. The average Bonchev–Trinajstić information content (AvgIpc) is 3.12. The third kappa shape index (κ3) is 5.06. The van der Waals surface area contributed by atoms with Crippen molar-refractivity contribution in [1.29, 1.82) is 0 Å². The Morgan fingerprint density at radius 3 is 1.42 bits per heavy atom. The number of benzene rings is 8. The molecule has 0 bridgehead atoms. The van der Waals surface area contributed by atoms with Crippen molar-refractivity contribution in [2.75, 3.05) is 9.80 Å². The largest absolute Gasteiger partial charge is 0.311 e. The molecule has 0 atom stereocenters. The molecule has 0 saturated carbocycles. The van der Waals surface area contributed by atoms with E-state index >= 15 is 0 Å². The summed E-state index contributed by atoms with van der Waals surface area (Å²) >= 11 is 0. The molecule has 0 aliphatic carbocycles. The van der Waals surface area contributed by atoms with Crippen LogP contribution in [0.2, 0.25) is 19.6 Å². The van der Waals surface area contributed by atoms with Crippen LogP contribution >= 0.6 is 0 Å². The lowest BCUT2D eigenvalue weighted by molar-refractivity contribution is 1.30. The van der Waals surface area contributed by atoms with Gasteiger partial charge in [0.05, 0.1) is 26.0 Å². The van der Waals surface area contributed by atoms with Gasteiger partial charge in [0.15, 0.2) is 5.69 Å². The molecule has 0 unspecified atom stereocenters.